The van der Waals surface area contributed by atoms with Gasteiger partial charge in [-0.25, -0.2) is 0 Å². The Morgan fingerprint density at radius 1 is 0.793 bits per heavy atom. The molecule has 3 aromatic carbocycles. The van der Waals surface area contributed by atoms with Crippen LogP contribution in [0.5, 0.6) is 17.2 Å². The fraction of sp³-hybridized carbons (Fsp3) is 0.250. The summed E-state index contributed by atoms with van der Waals surface area (Å²) in [5, 5.41) is 3.49. The monoisotopic (exact) mass is 455 g/mol. The van der Waals surface area contributed by atoms with Gasteiger partial charge in [0.05, 0.1) is 14.2 Å². The first-order valence-electron chi connectivity index (χ1n) is 9.48. The van der Waals surface area contributed by atoms with Crippen LogP contribution in [0.4, 0.5) is 0 Å². The van der Waals surface area contributed by atoms with Crippen molar-refractivity contribution >= 4 is 15.9 Å². The number of rotatable bonds is 9. The fourth-order valence-electron chi connectivity index (χ4n) is 2.98. The van der Waals surface area contributed by atoms with Gasteiger partial charge >= 0.3 is 0 Å². The molecule has 0 aliphatic carbocycles. The number of ether oxygens (including phenoxy) is 3. The lowest BCUT2D eigenvalue weighted by molar-refractivity contribution is 0.280. The molecule has 0 aromatic heterocycles. The second kappa shape index (κ2) is 10.3. The molecule has 29 heavy (non-hydrogen) atoms. The molecule has 0 fully saturated rings. The van der Waals surface area contributed by atoms with Crippen molar-refractivity contribution in [2.24, 2.45) is 0 Å². The van der Waals surface area contributed by atoms with E-state index >= 15 is 0 Å². The molecule has 152 valence electrons. The number of hydrogen-bond acceptors (Lipinski definition) is 4. The van der Waals surface area contributed by atoms with E-state index in [1.165, 1.54) is 11.1 Å². The molecule has 0 aliphatic rings. The SMILES string of the molecule is COc1ccc(CNCc2c(Br)ccc(OC)c2OCc2ccc(C)cc2)cc1. The summed E-state index contributed by atoms with van der Waals surface area (Å²) in [6.45, 7) is 3.95. The molecule has 0 bridgehead atoms. The minimum atomic E-state index is 0.485. The number of halogens is 1. The summed E-state index contributed by atoms with van der Waals surface area (Å²) in [6.07, 6.45) is 0. The van der Waals surface area contributed by atoms with Crippen LogP contribution in [0.3, 0.4) is 0 Å². The second-order valence-electron chi connectivity index (χ2n) is 6.78. The van der Waals surface area contributed by atoms with Gasteiger partial charge in [-0.1, -0.05) is 57.9 Å². The van der Waals surface area contributed by atoms with Gasteiger partial charge in [0.25, 0.3) is 0 Å². The van der Waals surface area contributed by atoms with E-state index in [-0.39, 0.29) is 0 Å². The molecule has 3 aromatic rings. The molecule has 0 saturated carbocycles. The Morgan fingerprint density at radius 3 is 2.14 bits per heavy atom. The van der Waals surface area contributed by atoms with E-state index in [1.807, 2.05) is 24.3 Å². The zero-order valence-electron chi connectivity index (χ0n) is 17.0. The standard InChI is InChI=1S/C24H26BrNO3/c1-17-4-6-19(7-5-17)16-29-24-21(22(25)12-13-23(24)28-3)15-26-14-18-8-10-20(27-2)11-9-18/h4-13,26H,14-16H2,1-3H3. The van der Waals surface area contributed by atoms with Crippen molar-refractivity contribution in [2.75, 3.05) is 14.2 Å². The highest BCUT2D eigenvalue weighted by Crippen LogP contribution is 2.36. The molecule has 0 atom stereocenters. The quantitative estimate of drug-likeness (QED) is 0.452. The van der Waals surface area contributed by atoms with Crippen LogP contribution < -0.4 is 19.5 Å². The van der Waals surface area contributed by atoms with Gasteiger partial charge in [0.15, 0.2) is 11.5 Å². The molecule has 0 spiro atoms. The number of aryl methyl sites for hydroxylation is 1. The van der Waals surface area contributed by atoms with E-state index in [0.717, 1.165) is 39.4 Å². The van der Waals surface area contributed by atoms with E-state index in [9.17, 15) is 0 Å². The number of hydrogen-bond donors (Lipinski definition) is 1. The van der Waals surface area contributed by atoms with Crippen LogP contribution in [0.25, 0.3) is 0 Å². The molecule has 0 amide bonds. The van der Waals surface area contributed by atoms with Crippen molar-refractivity contribution < 1.29 is 14.2 Å². The average Bonchev–Trinajstić information content (AvgIpc) is 2.75. The highest BCUT2D eigenvalue weighted by molar-refractivity contribution is 9.10. The minimum absolute atomic E-state index is 0.485. The third-order valence-electron chi connectivity index (χ3n) is 4.68. The lowest BCUT2D eigenvalue weighted by atomic mass is 10.1. The number of nitrogens with one attached hydrogen (secondary N) is 1. The van der Waals surface area contributed by atoms with E-state index in [1.54, 1.807) is 14.2 Å². The first-order valence-corrected chi connectivity index (χ1v) is 10.3. The zero-order chi connectivity index (χ0) is 20.6. The summed E-state index contributed by atoms with van der Waals surface area (Å²) in [5.74, 6) is 2.34. The van der Waals surface area contributed by atoms with Gasteiger partial charge in [0.1, 0.15) is 12.4 Å². The van der Waals surface area contributed by atoms with Crippen molar-refractivity contribution in [3.05, 3.63) is 87.4 Å². The molecule has 0 aliphatic heterocycles. The lowest BCUT2D eigenvalue weighted by Gasteiger charge is -2.17. The van der Waals surface area contributed by atoms with Gasteiger partial charge in [-0.3, -0.25) is 0 Å². The molecule has 0 unspecified atom stereocenters. The first-order chi connectivity index (χ1) is 14.1. The van der Waals surface area contributed by atoms with Gasteiger partial charge < -0.3 is 19.5 Å². The first kappa shape index (κ1) is 21.2. The highest BCUT2D eigenvalue weighted by Gasteiger charge is 2.15. The Morgan fingerprint density at radius 2 is 1.48 bits per heavy atom. The van der Waals surface area contributed by atoms with Crippen molar-refractivity contribution in [3.63, 3.8) is 0 Å². The van der Waals surface area contributed by atoms with Crippen molar-refractivity contribution in [1.82, 2.24) is 5.32 Å². The summed E-state index contributed by atoms with van der Waals surface area (Å²) in [6, 6.07) is 20.3. The maximum Gasteiger partial charge on any atom is 0.167 e. The van der Waals surface area contributed by atoms with Crippen molar-refractivity contribution in [2.45, 2.75) is 26.6 Å². The van der Waals surface area contributed by atoms with Crippen molar-refractivity contribution in [3.8, 4) is 17.2 Å². The molecule has 1 N–H and O–H groups in total. The maximum absolute atomic E-state index is 6.19. The summed E-state index contributed by atoms with van der Waals surface area (Å²) in [4.78, 5) is 0. The zero-order valence-corrected chi connectivity index (χ0v) is 18.6. The Balaban J connectivity index is 1.71. The molecule has 0 heterocycles. The Hall–Kier alpha value is -2.50. The van der Waals surface area contributed by atoms with Crippen LogP contribution in [0, 0.1) is 6.92 Å². The largest absolute Gasteiger partial charge is 0.497 e. The fourth-order valence-corrected chi connectivity index (χ4v) is 3.43. The predicted octanol–water partition coefficient (Wildman–Crippen LogP) is 5.64. The van der Waals surface area contributed by atoms with E-state index in [2.05, 4.69) is 64.6 Å². The number of methoxy groups -OCH3 is 2. The van der Waals surface area contributed by atoms with Crippen LogP contribution in [-0.2, 0) is 19.7 Å². The van der Waals surface area contributed by atoms with Gasteiger partial charge in [-0.15, -0.1) is 0 Å². The van der Waals surface area contributed by atoms with Crippen LogP contribution in [0.15, 0.2) is 65.1 Å². The molecule has 4 nitrogen and oxygen atoms in total. The van der Waals surface area contributed by atoms with Gasteiger partial charge in [-0.05, 0) is 42.3 Å². The summed E-state index contributed by atoms with van der Waals surface area (Å²) in [5.41, 5.74) is 4.57. The van der Waals surface area contributed by atoms with E-state index < -0.39 is 0 Å². The molecular formula is C24H26BrNO3. The third-order valence-corrected chi connectivity index (χ3v) is 5.42. The Labute approximate surface area is 180 Å². The van der Waals surface area contributed by atoms with Gasteiger partial charge in [-0.2, -0.15) is 0 Å². The lowest BCUT2D eigenvalue weighted by Crippen LogP contribution is -2.14. The van der Waals surface area contributed by atoms with E-state index in [4.69, 9.17) is 14.2 Å². The van der Waals surface area contributed by atoms with Gasteiger partial charge in [0, 0.05) is 23.1 Å². The second-order valence-corrected chi connectivity index (χ2v) is 7.64. The minimum Gasteiger partial charge on any atom is -0.497 e. The predicted molar refractivity (Wildman–Crippen MR) is 120 cm³/mol. The topological polar surface area (TPSA) is 39.7 Å². The molecular weight excluding hydrogens is 430 g/mol. The molecule has 5 heteroatoms. The van der Waals surface area contributed by atoms with Gasteiger partial charge in [0.2, 0.25) is 0 Å². The Bertz CT molecular complexity index is 924. The molecule has 0 saturated heterocycles. The summed E-state index contributed by atoms with van der Waals surface area (Å²) >= 11 is 3.66. The normalized spacial score (nSPS) is 10.6. The summed E-state index contributed by atoms with van der Waals surface area (Å²) < 4.78 is 17.9. The van der Waals surface area contributed by atoms with Crippen molar-refractivity contribution in [1.29, 1.82) is 0 Å². The maximum atomic E-state index is 6.19. The van der Waals surface area contributed by atoms with Crippen LogP contribution in [0.1, 0.15) is 22.3 Å². The Kier molecular flexibility index (Phi) is 7.55. The van der Waals surface area contributed by atoms with E-state index in [0.29, 0.717) is 13.2 Å². The van der Waals surface area contributed by atoms with Crippen LogP contribution >= 0.6 is 15.9 Å². The smallest absolute Gasteiger partial charge is 0.167 e. The number of benzene rings is 3. The van der Waals surface area contributed by atoms with Crippen LogP contribution in [-0.4, -0.2) is 14.2 Å². The summed E-state index contributed by atoms with van der Waals surface area (Å²) in [7, 11) is 3.34. The van der Waals surface area contributed by atoms with Crippen LogP contribution in [0.2, 0.25) is 0 Å². The highest BCUT2D eigenvalue weighted by atomic mass is 79.9. The third kappa shape index (κ3) is 5.75. The molecule has 0 radical (unpaired) electrons. The molecule has 3 rings (SSSR count). The average molecular weight is 456 g/mol.